The van der Waals surface area contributed by atoms with Crippen LogP contribution in [0.4, 0.5) is 0 Å². The first-order valence-electron chi connectivity index (χ1n) is 8.70. The molecule has 0 saturated heterocycles. The lowest BCUT2D eigenvalue weighted by Gasteiger charge is -2.27. The molecule has 7 nitrogen and oxygen atoms in total. The smallest absolute Gasteiger partial charge is 0.347 e. The second-order valence-electron chi connectivity index (χ2n) is 9.06. The summed E-state index contributed by atoms with van der Waals surface area (Å²) in [6.07, 6.45) is -0.864. The van der Waals surface area contributed by atoms with Crippen LogP contribution in [0.15, 0.2) is 16.7 Å². The van der Waals surface area contributed by atoms with Crippen molar-refractivity contribution in [2.45, 2.75) is 65.0 Å². The normalized spacial score (nSPS) is 19.7. The molecule has 26 heavy (non-hydrogen) atoms. The third-order valence-corrected chi connectivity index (χ3v) is 5.66. The standard InChI is InChI=1S/C16H33NO6Si3/c1-19-17-12(11-20-24(2,3)4)13-14(22-25(5,6)7)15(16(18)21-13)23-26(8,9)10/h15H,11H2,1-10H3/b17-12-/t15-/m1/s1. The Bertz CT molecular complexity index is 584. The van der Waals surface area contributed by atoms with Crippen molar-refractivity contribution < 1.29 is 27.6 Å². The molecule has 1 aliphatic rings. The number of esters is 1. The summed E-state index contributed by atoms with van der Waals surface area (Å²) < 4.78 is 23.7. The molecule has 0 amide bonds. The summed E-state index contributed by atoms with van der Waals surface area (Å²) in [5, 5.41) is 4.02. The molecule has 0 saturated carbocycles. The van der Waals surface area contributed by atoms with Gasteiger partial charge < -0.3 is 22.9 Å². The van der Waals surface area contributed by atoms with E-state index in [0.717, 1.165) is 0 Å². The Hall–Kier alpha value is -0.949. The molecule has 0 radical (unpaired) electrons. The molecule has 0 aromatic heterocycles. The van der Waals surface area contributed by atoms with E-state index in [1.54, 1.807) is 0 Å². The van der Waals surface area contributed by atoms with Crippen LogP contribution >= 0.6 is 0 Å². The Morgan fingerprint density at radius 2 is 1.58 bits per heavy atom. The van der Waals surface area contributed by atoms with Crippen LogP contribution in [0.3, 0.4) is 0 Å². The van der Waals surface area contributed by atoms with E-state index in [0.29, 0.717) is 11.5 Å². The maximum atomic E-state index is 12.5. The summed E-state index contributed by atoms with van der Waals surface area (Å²) in [5.74, 6) is 0.180. The Balaban J connectivity index is 3.31. The van der Waals surface area contributed by atoms with Crippen LogP contribution in [0, 0.1) is 0 Å². The lowest BCUT2D eigenvalue weighted by molar-refractivity contribution is -0.142. The van der Waals surface area contributed by atoms with Gasteiger partial charge >= 0.3 is 5.97 Å². The van der Waals surface area contributed by atoms with Crippen LogP contribution in [0.1, 0.15) is 0 Å². The maximum Gasteiger partial charge on any atom is 0.347 e. The van der Waals surface area contributed by atoms with E-state index < -0.39 is 37.0 Å². The monoisotopic (exact) mass is 419 g/mol. The van der Waals surface area contributed by atoms with Gasteiger partial charge in [0.25, 0.3) is 0 Å². The van der Waals surface area contributed by atoms with Gasteiger partial charge in [0.05, 0.1) is 6.61 Å². The van der Waals surface area contributed by atoms with E-state index >= 15 is 0 Å². The highest BCUT2D eigenvalue weighted by Crippen LogP contribution is 2.31. The molecular formula is C16H33NO6Si3. The SMILES string of the molecule is CO/N=C(/CO[Si](C)(C)C)C1=C(O[Si](C)(C)C)[C@@H](O[Si](C)(C)C)C(=O)O1. The van der Waals surface area contributed by atoms with Gasteiger partial charge in [-0.3, -0.25) is 0 Å². The molecule has 0 aromatic carbocycles. The Morgan fingerprint density at radius 3 is 2.00 bits per heavy atom. The minimum absolute atomic E-state index is 0.185. The van der Waals surface area contributed by atoms with Crippen LogP contribution in [0.2, 0.25) is 58.9 Å². The number of ether oxygens (including phenoxy) is 1. The Morgan fingerprint density at radius 1 is 1.00 bits per heavy atom. The summed E-state index contributed by atoms with van der Waals surface area (Å²) in [4.78, 5) is 17.5. The van der Waals surface area contributed by atoms with E-state index in [-0.39, 0.29) is 12.4 Å². The van der Waals surface area contributed by atoms with E-state index in [4.69, 9.17) is 22.9 Å². The zero-order valence-electron chi connectivity index (χ0n) is 17.7. The molecule has 0 fully saturated rings. The lowest BCUT2D eigenvalue weighted by Crippen LogP contribution is -2.39. The third-order valence-electron chi connectivity index (χ3n) is 2.87. The molecule has 0 bridgehead atoms. The number of cyclic esters (lactones) is 1. The number of rotatable bonds is 9. The van der Waals surface area contributed by atoms with Crippen LogP contribution in [0.5, 0.6) is 0 Å². The highest BCUT2D eigenvalue weighted by Gasteiger charge is 2.44. The number of carbonyl (C=O) groups is 1. The number of oxime groups is 1. The van der Waals surface area contributed by atoms with Crippen molar-refractivity contribution in [2.24, 2.45) is 5.16 Å². The molecular weight excluding hydrogens is 386 g/mol. The van der Waals surface area contributed by atoms with Crippen molar-refractivity contribution in [1.82, 2.24) is 0 Å². The van der Waals surface area contributed by atoms with Gasteiger partial charge in [-0.05, 0) is 58.9 Å². The largest absolute Gasteiger partial charge is 0.542 e. The summed E-state index contributed by atoms with van der Waals surface area (Å²) in [6.45, 7) is 18.6. The Labute approximate surface area is 160 Å². The fourth-order valence-corrected chi connectivity index (χ4v) is 4.38. The van der Waals surface area contributed by atoms with Crippen molar-refractivity contribution in [3.63, 3.8) is 0 Å². The molecule has 0 unspecified atom stereocenters. The van der Waals surface area contributed by atoms with Crippen molar-refractivity contribution >= 4 is 36.6 Å². The van der Waals surface area contributed by atoms with Crippen molar-refractivity contribution in [1.29, 1.82) is 0 Å². The second kappa shape index (κ2) is 8.38. The predicted octanol–water partition coefficient (Wildman–Crippen LogP) is 3.68. The highest BCUT2D eigenvalue weighted by molar-refractivity contribution is 6.71. The highest BCUT2D eigenvalue weighted by atomic mass is 28.4. The molecule has 1 atom stereocenters. The zero-order valence-corrected chi connectivity index (χ0v) is 20.7. The van der Waals surface area contributed by atoms with Crippen LogP contribution in [0.25, 0.3) is 0 Å². The number of carbonyl (C=O) groups excluding carboxylic acids is 1. The molecule has 0 aliphatic carbocycles. The molecule has 150 valence electrons. The van der Waals surface area contributed by atoms with Crippen LogP contribution in [-0.2, 0) is 27.6 Å². The van der Waals surface area contributed by atoms with Crippen LogP contribution < -0.4 is 0 Å². The predicted molar refractivity (Wildman–Crippen MR) is 110 cm³/mol. The van der Waals surface area contributed by atoms with E-state index in [2.05, 4.69) is 24.8 Å². The van der Waals surface area contributed by atoms with Gasteiger partial charge in [0.1, 0.15) is 7.11 Å². The van der Waals surface area contributed by atoms with Gasteiger partial charge in [-0.2, -0.15) is 0 Å². The molecule has 0 spiro atoms. The van der Waals surface area contributed by atoms with E-state index in [1.807, 2.05) is 39.3 Å². The van der Waals surface area contributed by atoms with E-state index in [9.17, 15) is 4.79 Å². The van der Waals surface area contributed by atoms with E-state index in [1.165, 1.54) is 7.11 Å². The molecule has 1 heterocycles. The molecule has 0 aromatic rings. The number of hydrogen-bond acceptors (Lipinski definition) is 7. The lowest BCUT2D eigenvalue weighted by atomic mass is 10.2. The molecule has 10 heteroatoms. The minimum Gasteiger partial charge on any atom is -0.542 e. The van der Waals surface area contributed by atoms with Crippen molar-refractivity contribution in [3.8, 4) is 0 Å². The van der Waals surface area contributed by atoms with Gasteiger partial charge in [0, 0.05) is 0 Å². The minimum atomic E-state index is -2.02. The molecule has 0 N–H and O–H groups in total. The maximum absolute atomic E-state index is 12.5. The molecule has 1 rings (SSSR count). The summed E-state index contributed by atoms with van der Waals surface area (Å²) in [7, 11) is -4.38. The first kappa shape index (κ1) is 23.1. The fourth-order valence-electron chi connectivity index (χ4n) is 2.04. The van der Waals surface area contributed by atoms with Crippen molar-refractivity contribution in [3.05, 3.63) is 11.5 Å². The summed E-state index contributed by atoms with van der Waals surface area (Å²) >= 11 is 0. The van der Waals surface area contributed by atoms with Gasteiger partial charge in [0.2, 0.25) is 14.4 Å². The second-order valence-corrected chi connectivity index (χ2v) is 22.5. The number of nitrogens with zero attached hydrogens (tertiary/aromatic N) is 1. The average molecular weight is 420 g/mol. The van der Waals surface area contributed by atoms with Gasteiger partial charge in [-0.25, -0.2) is 4.79 Å². The quantitative estimate of drug-likeness (QED) is 0.246. The fraction of sp³-hybridized carbons (Fsp3) is 0.750. The van der Waals surface area contributed by atoms with Gasteiger partial charge in [-0.15, -0.1) is 0 Å². The summed E-state index contributed by atoms with van der Waals surface area (Å²) in [5.41, 5.74) is 0.401. The van der Waals surface area contributed by atoms with Gasteiger partial charge in [-0.1, -0.05) is 5.16 Å². The van der Waals surface area contributed by atoms with Gasteiger partial charge in [0.15, 0.2) is 33.9 Å². The summed E-state index contributed by atoms with van der Waals surface area (Å²) in [6, 6.07) is 0. The molecule has 1 aliphatic heterocycles. The zero-order chi connectivity index (χ0) is 20.3. The first-order valence-corrected chi connectivity index (χ1v) is 18.9. The third kappa shape index (κ3) is 7.74. The average Bonchev–Trinajstić information content (AvgIpc) is 2.68. The Kier molecular flexibility index (Phi) is 7.44. The number of hydrogen-bond donors (Lipinski definition) is 0. The van der Waals surface area contributed by atoms with Crippen LogP contribution in [-0.4, -0.2) is 56.5 Å². The first-order chi connectivity index (χ1) is 11.6. The topological polar surface area (TPSA) is 75.6 Å². The van der Waals surface area contributed by atoms with Crippen molar-refractivity contribution in [2.75, 3.05) is 13.7 Å².